The van der Waals surface area contributed by atoms with Gasteiger partial charge in [0.15, 0.2) is 0 Å². The Labute approximate surface area is 176 Å². The molecule has 1 N–H and O–H groups in total. The monoisotopic (exact) mass is 405 g/mol. The number of benzene rings is 1. The van der Waals surface area contributed by atoms with Gasteiger partial charge in [0.05, 0.1) is 0 Å². The summed E-state index contributed by atoms with van der Waals surface area (Å²) < 4.78 is 7.77. The molecule has 3 atom stereocenters. The van der Waals surface area contributed by atoms with E-state index in [9.17, 15) is 5.11 Å². The quantitative estimate of drug-likeness (QED) is 0.703. The summed E-state index contributed by atoms with van der Waals surface area (Å²) in [6.07, 6.45) is 10.3. The fourth-order valence-electron chi connectivity index (χ4n) is 5.20. The third-order valence-corrected chi connectivity index (χ3v) is 6.54. The predicted molar refractivity (Wildman–Crippen MR) is 112 cm³/mol. The van der Waals surface area contributed by atoms with Crippen molar-refractivity contribution in [1.29, 1.82) is 0 Å². The average Bonchev–Trinajstić information content (AvgIpc) is 3.16. The third kappa shape index (κ3) is 3.48. The summed E-state index contributed by atoms with van der Waals surface area (Å²) in [6, 6.07) is 10.2. The molecule has 30 heavy (non-hydrogen) atoms. The Balaban J connectivity index is 1.32. The molecule has 2 fully saturated rings. The number of rotatable bonds is 5. The number of fused-ring (bicyclic) bond motifs is 2. The predicted octanol–water partition coefficient (Wildman–Crippen LogP) is 3.12. The largest absolute Gasteiger partial charge is 0.424 e. The molecule has 1 unspecified atom stereocenters. The van der Waals surface area contributed by atoms with Crippen molar-refractivity contribution in [2.24, 2.45) is 18.9 Å². The van der Waals surface area contributed by atoms with Crippen LogP contribution < -0.4 is 4.74 Å². The van der Waals surface area contributed by atoms with Crippen molar-refractivity contribution in [3.63, 3.8) is 0 Å². The Bertz CT molecular complexity index is 992. The van der Waals surface area contributed by atoms with E-state index < -0.39 is 5.60 Å². The Hall–Kier alpha value is -2.77. The van der Waals surface area contributed by atoms with Crippen LogP contribution in [0.3, 0.4) is 0 Å². The molecule has 2 bridgehead atoms. The number of hydrogen-bond donors (Lipinski definition) is 1. The minimum absolute atomic E-state index is 0.197. The first-order valence-electron chi connectivity index (χ1n) is 10.6. The Morgan fingerprint density at radius 1 is 1.07 bits per heavy atom. The number of aryl methyl sites for hydroxylation is 1. The second kappa shape index (κ2) is 7.81. The van der Waals surface area contributed by atoms with Gasteiger partial charge < -0.3 is 14.4 Å². The standard InChI is InChI=1S/C23H27N5O2/c1-27-12-11-24-21(27)23(29)18-6-3-7-19(23)16-28(15-18)14-17-5-2-8-20(13-17)30-22-25-9-4-10-26-22/h2,4-5,8-13,18-19,29H,3,6-7,14-16H2,1H3/t18-,19+,23?. The molecule has 7 nitrogen and oxygen atoms in total. The van der Waals surface area contributed by atoms with E-state index in [1.54, 1.807) is 24.7 Å². The van der Waals surface area contributed by atoms with Gasteiger partial charge in [-0.15, -0.1) is 0 Å². The maximum Gasteiger partial charge on any atom is 0.321 e. The fourth-order valence-corrected chi connectivity index (χ4v) is 5.20. The molecule has 1 aliphatic carbocycles. The molecular weight excluding hydrogens is 378 g/mol. The van der Waals surface area contributed by atoms with Crippen molar-refractivity contribution < 1.29 is 9.84 Å². The molecule has 1 aromatic carbocycles. The van der Waals surface area contributed by atoms with E-state index in [0.29, 0.717) is 6.01 Å². The van der Waals surface area contributed by atoms with Crippen LogP contribution in [0.4, 0.5) is 0 Å². The molecule has 2 aliphatic rings. The Kier molecular flexibility index (Phi) is 5.00. The van der Waals surface area contributed by atoms with E-state index in [2.05, 4.69) is 25.9 Å². The SMILES string of the molecule is Cn1ccnc1C1(O)[C@@H]2CCC[C@H]1CN(Cc1cccc(Oc3ncccn3)c1)C2. The minimum atomic E-state index is -0.831. The lowest BCUT2D eigenvalue weighted by Crippen LogP contribution is -2.58. The van der Waals surface area contributed by atoms with Gasteiger partial charge in [-0.1, -0.05) is 18.6 Å². The average molecular weight is 406 g/mol. The lowest BCUT2D eigenvalue weighted by Gasteiger charge is -2.52. The molecule has 7 heteroatoms. The second-order valence-electron chi connectivity index (χ2n) is 8.49. The molecule has 156 valence electrons. The molecule has 0 radical (unpaired) electrons. The van der Waals surface area contributed by atoms with Crippen molar-refractivity contribution in [3.05, 3.63) is 66.5 Å². The molecule has 5 rings (SSSR count). The van der Waals surface area contributed by atoms with Crippen molar-refractivity contribution in [3.8, 4) is 11.8 Å². The normalized spacial score (nSPS) is 26.5. The van der Waals surface area contributed by atoms with E-state index in [0.717, 1.165) is 44.0 Å². The molecular formula is C23H27N5O2. The lowest BCUT2D eigenvalue weighted by molar-refractivity contribution is -0.155. The summed E-state index contributed by atoms with van der Waals surface area (Å²) in [4.78, 5) is 15.2. The van der Waals surface area contributed by atoms with Gasteiger partial charge >= 0.3 is 6.01 Å². The zero-order valence-electron chi connectivity index (χ0n) is 17.2. The zero-order chi connectivity index (χ0) is 20.6. The van der Waals surface area contributed by atoms with Crippen molar-refractivity contribution in [2.45, 2.75) is 31.4 Å². The molecule has 1 aliphatic heterocycles. The molecule has 3 aromatic rings. The minimum Gasteiger partial charge on any atom is -0.424 e. The number of hydrogen-bond acceptors (Lipinski definition) is 6. The molecule has 3 heterocycles. The number of piperidine rings is 1. The van der Waals surface area contributed by atoms with Crippen LogP contribution in [0.5, 0.6) is 11.8 Å². The van der Waals surface area contributed by atoms with Crippen molar-refractivity contribution >= 4 is 0 Å². The number of imidazole rings is 1. The number of ether oxygens (including phenoxy) is 1. The maximum absolute atomic E-state index is 11.7. The summed E-state index contributed by atoms with van der Waals surface area (Å²) in [6.45, 7) is 2.57. The van der Waals surface area contributed by atoms with Crippen LogP contribution in [0.2, 0.25) is 0 Å². The lowest BCUT2D eigenvalue weighted by atomic mass is 9.65. The number of likely N-dealkylation sites (tertiary alicyclic amines) is 1. The Morgan fingerprint density at radius 3 is 2.53 bits per heavy atom. The summed E-state index contributed by atoms with van der Waals surface area (Å²) in [5.41, 5.74) is 0.353. The molecule has 0 spiro atoms. The summed E-state index contributed by atoms with van der Waals surface area (Å²) in [5, 5.41) is 11.7. The van der Waals surface area contributed by atoms with E-state index in [-0.39, 0.29) is 11.8 Å². The first kappa shape index (κ1) is 19.2. The van der Waals surface area contributed by atoms with Crippen LogP contribution >= 0.6 is 0 Å². The van der Waals surface area contributed by atoms with Gasteiger partial charge in [-0.3, -0.25) is 4.90 Å². The van der Waals surface area contributed by atoms with E-state index in [1.165, 1.54) is 12.0 Å². The molecule has 1 saturated heterocycles. The van der Waals surface area contributed by atoms with E-state index in [4.69, 9.17) is 4.74 Å². The molecule has 0 amide bonds. The van der Waals surface area contributed by atoms with Crippen LogP contribution in [-0.4, -0.2) is 42.6 Å². The first-order chi connectivity index (χ1) is 14.6. The second-order valence-corrected chi connectivity index (χ2v) is 8.49. The number of aliphatic hydroxyl groups is 1. The topological polar surface area (TPSA) is 76.3 Å². The van der Waals surface area contributed by atoms with Gasteiger partial charge in [0.1, 0.15) is 17.2 Å². The highest BCUT2D eigenvalue weighted by molar-refractivity contribution is 5.30. The first-order valence-corrected chi connectivity index (χ1v) is 10.6. The smallest absolute Gasteiger partial charge is 0.321 e. The van der Waals surface area contributed by atoms with Crippen molar-refractivity contribution in [1.82, 2.24) is 24.4 Å². The van der Waals surface area contributed by atoms with Crippen LogP contribution in [0, 0.1) is 11.8 Å². The summed E-state index contributed by atoms with van der Waals surface area (Å²) in [7, 11) is 1.98. The van der Waals surface area contributed by atoms with Crippen LogP contribution in [0.1, 0.15) is 30.7 Å². The highest BCUT2D eigenvalue weighted by Crippen LogP contribution is 2.48. The van der Waals surface area contributed by atoms with Gasteiger partial charge in [-0.05, 0) is 36.6 Å². The molecule has 1 saturated carbocycles. The van der Waals surface area contributed by atoms with Gasteiger partial charge in [0, 0.05) is 63.3 Å². The van der Waals surface area contributed by atoms with Crippen LogP contribution in [0.15, 0.2) is 55.1 Å². The number of nitrogens with zero attached hydrogens (tertiary/aromatic N) is 5. The third-order valence-electron chi connectivity index (χ3n) is 6.54. The highest BCUT2D eigenvalue weighted by Gasteiger charge is 2.53. The highest BCUT2D eigenvalue weighted by atomic mass is 16.5. The van der Waals surface area contributed by atoms with Crippen LogP contribution in [0.25, 0.3) is 0 Å². The maximum atomic E-state index is 11.7. The van der Waals surface area contributed by atoms with Gasteiger partial charge in [0.25, 0.3) is 0 Å². The fraction of sp³-hybridized carbons (Fsp3) is 0.435. The zero-order valence-corrected chi connectivity index (χ0v) is 17.2. The van der Waals surface area contributed by atoms with Crippen LogP contribution in [-0.2, 0) is 19.2 Å². The number of aromatic nitrogens is 4. The van der Waals surface area contributed by atoms with E-state index in [1.807, 2.05) is 36.0 Å². The summed E-state index contributed by atoms with van der Waals surface area (Å²) in [5.74, 6) is 1.95. The Morgan fingerprint density at radius 2 is 1.83 bits per heavy atom. The molecule has 2 aromatic heterocycles. The van der Waals surface area contributed by atoms with Gasteiger partial charge in [-0.2, -0.15) is 0 Å². The van der Waals surface area contributed by atoms with Gasteiger partial charge in [-0.25, -0.2) is 15.0 Å². The van der Waals surface area contributed by atoms with Crippen molar-refractivity contribution in [2.75, 3.05) is 13.1 Å². The van der Waals surface area contributed by atoms with E-state index >= 15 is 0 Å². The van der Waals surface area contributed by atoms with Gasteiger partial charge in [0.2, 0.25) is 0 Å². The summed E-state index contributed by atoms with van der Waals surface area (Å²) >= 11 is 0.